The third-order valence-electron chi connectivity index (χ3n) is 4.39. The Bertz CT molecular complexity index is 508. The van der Waals surface area contributed by atoms with Crippen LogP contribution in [0.2, 0.25) is 0 Å². The van der Waals surface area contributed by atoms with Crippen LogP contribution < -0.4 is 15.5 Å². The normalized spacial score (nSPS) is 16.3. The van der Waals surface area contributed by atoms with Gasteiger partial charge >= 0.3 is 0 Å². The third kappa shape index (κ3) is 6.00. The summed E-state index contributed by atoms with van der Waals surface area (Å²) < 4.78 is 0. The molecule has 0 spiro atoms. The van der Waals surface area contributed by atoms with Gasteiger partial charge in [0.15, 0.2) is 5.96 Å². The molecule has 6 nitrogen and oxygen atoms in total. The van der Waals surface area contributed by atoms with Gasteiger partial charge in [0.2, 0.25) is 0 Å². The first-order valence-corrected chi connectivity index (χ1v) is 9.06. The molecule has 0 bridgehead atoms. The minimum atomic E-state index is 0.761. The van der Waals surface area contributed by atoms with E-state index in [4.69, 9.17) is 0 Å². The van der Waals surface area contributed by atoms with Crippen molar-refractivity contribution < 1.29 is 0 Å². The van der Waals surface area contributed by atoms with Crippen molar-refractivity contribution in [2.75, 3.05) is 51.7 Å². The zero-order valence-electron chi connectivity index (χ0n) is 15.4. The lowest BCUT2D eigenvalue weighted by atomic mass is 10.2. The summed E-state index contributed by atoms with van der Waals surface area (Å²) in [5.41, 5.74) is 1.23. The fourth-order valence-corrected chi connectivity index (χ4v) is 2.77. The van der Waals surface area contributed by atoms with E-state index in [1.54, 1.807) is 0 Å². The number of nitrogens with one attached hydrogen (secondary N) is 2. The molecule has 2 heterocycles. The number of rotatable bonds is 7. The molecule has 0 aromatic carbocycles. The predicted octanol–water partition coefficient (Wildman–Crippen LogP) is 1.69. The lowest BCUT2D eigenvalue weighted by molar-refractivity contribution is 0.312. The van der Waals surface area contributed by atoms with E-state index in [0.717, 1.165) is 51.0 Å². The zero-order valence-corrected chi connectivity index (χ0v) is 15.4. The van der Waals surface area contributed by atoms with Crippen molar-refractivity contribution in [3.8, 4) is 0 Å². The van der Waals surface area contributed by atoms with E-state index in [-0.39, 0.29) is 0 Å². The van der Waals surface area contributed by atoms with Gasteiger partial charge in [-0.3, -0.25) is 4.99 Å². The highest BCUT2D eigenvalue weighted by atomic mass is 15.3. The molecule has 2 N–H and O–H groups in total. The topological polar surface area (TPSA) is 55.8 Å². The molecular formula is C18H32N6. The van der Waals surface area contributed by atoms with Crippen molar-refractivity contribution in [1.82, 2.24) is 20.5 Å². The van der Waals surface area contributed by atoms with E-state index >= 15 is 0 Å². The summed E-state index contributed by atoms with van der Waals surface area (Å²) >= 11 is 0. The molecule has 0 aliphatic carbocycles. The molecule has 1 aliphatic rings. The maximum absolute atomic E-state index is 4.54. The first-order chi connectivity index (χ1) is 11.7. The van der Waals surface area contributed by atoms with Gasteiger partial charge in [-0.15, -0.1) is 0 Å². The number of aromatic nitrogens is 1. The van der Waals surface area contributed by atoms with Crippen LogP contribution in [0.15, 0.2) is 23.3 Å². The van der Waals surface area contributed by atoms with Gasteiger partial charge in [-0.2, -0.15) is 0 Å². The molecule has 1 aromatic rings. The minimum absolute atomic E-state index is 0.761. The van der Waals surface area contributed by atoms with Crippen LogP contribution in [0.3, 0.4) is 0 Å². The summed E-state index contributed by atoms with van der Waals surface area (Å²) in [4.78, 5) is 13.5. The molecule has 134 valence electrons. The van der Waals surface area contributed by atoms with Gasteiger partial charge in [0.05, 0.1) is 0 Å². The fraction of sp³-hybridized carbons (Fsp3) is 0.667. The summed E-state index contributed by atoms with van der Waals surface area (Å²) in [5.74, 6) is 1.94. The number of nitrogens with zero attached hydrogens (tertiary/aromatic N) is 4. The summed E-state index contributed by atoms with van der Waals surface area (Å²) in [6, 6.07) is 4.25. The van der Waals surface area contributed by atoms with Crippen LogP contribution in [0.1, 0.15) is 31.7 Å². The van der Waals surface area contributed by atoms with Gasteiger partial charge in [-0.25, -0.2) is 4.98 Å². The average molecular weight is 332 g/mol. The van der Waals surface area contributed by atoms with Crippen LogP contribution in [0.5, 0.6) is 0 Å². The Balaban J connectivity index is 1.83. The van der Waals surface area contributed by atoms with Crippen LogP contribution in [-0.4, -0.2) is 62.7 Å². The minimum Gasteiger partial charge on any atom is -0.356 e. The van der Waals surface area contributed by atoms with Gasteiger partial charge in [0.1, 0.15) is 5.82 Å². The molecule has 0 saturated carbocycles. The Morgan fingerprint density at radius 3 is 2.71 bits per heavy atom. The van der Waals surface area contributed by atoms with Crippen LogP contribution in [0.25, 0.3) is 0 Å². The molecule has 1 fully saturated rings. The lowest BCUT2D eigenvalue weighted by Crippen LogP contribution is -2.44. The second-order valence-corrected chi connectivity index (χ2v) is 6.37. The number of hydrogen-bond donors (Lipinski definition) is 2. The Kier molecular flexibility index (Phi) is 7.82. The second kappa shape index (κ2) is 10.1. The number of pyridine rings is 1. The average Bonchev–Trinajstić information content (AvgIpc) is 2.62. The van der Waals surface area contributed by atoms with Crippen molar-refractivity contribution in [2.24, 2.45) is 4.99 Å². The standard InChI is InChI=1S/C18H32N6/c1-4-5-6-8-21-18(19-2)22-15-16-7-9-20-17(14-16)24-12-10-23(3)11-13-24/h7,9,14H,4-6,8,10-13,15H2,1-3H3,(H2,19,21,22). The highest BCUT2D eigenvalue weighted by Gasteiger charge is 2.15. The molecule has 0 amide bonds. The molecule has 0 atom stereocenters. The molecule has 1 aliphatic heterocycles. The smallest absolute Gasteiger partial charge is 0.191 e. The van der Waals surface area contributed by atoms with Crippen LogP contribution in [-0.2, 0) is 6.54 Å². The summed E-state index contributed by atoms with van der Waals surface area (Å²) in [7, 11) is 3.99. The molecular weight excluding hydrogens is 300 g/mol. The predicted molar refractivity (Wildman–Crippen MR) is 102 cm³/mol. The maximum atomic E-state index is 4.54. The van der Waals surface area contributed by atoms with E-state index in [2.05, 4.69) is 56.5 Å². The lowest BCUT2D eigenvalue weighted by Gasteiger charge is -2.33. The number of hydrogen-bond acceptors (Lipinski definition) is 4. The van der Waals surface area contributed by atoms with Crippen LogP contribution >= 0.6 is 0 Å². The van der Waals surface area contributed by atoms with Crippen LogP contribution in [0.4, 0.5) is 5.82 Å². The van der Waals surface area contributed by atoms with E-state index in [1.165, 1.54) is 24.8 Å². The SMILES string of the molecule is CCCCCNC(=NC)NCc1ccnc(N2CCN(C)CC2)c1. The van der Waals surface area contributed by atoms with E-state index in [1.807, 2.05) is 13.2 Å². The van der Waals surface area contributed by atoms with Gasteiger partial charge < -0.3 is 20.4 Å². The van der Waals surface area contributed by atoms with Crippen molar-refractivity contribution >= 4 is 11.8 Å². The van der Waals surface area contributed by atoms with Crippen molar-refractivity contribution in [1.29, 1.82) is 0 Å². The molecule has 1 aromatic heterocycles. The molecule has 0 radical (unpaired) electrons. The van der Waals surface area contributed by atoms with Crippen molar-refractivity contribution in [2.45, 2.75) is 32.7 Å². The molecule has 0 unspecified atom stereocenters. The Morgan fingerprint density at radius 1 is 1.21 bits per heavy atom. The maximum Gasteiger partial charge on any atom is 0.191 e. The van der Waals surface area contributed by atoms with Gasteiger partial charge in [-0.05, 0) is 31.2 Å². The number of guanidine groups is 1. The quantitative estimate of drug-likeness (QED) is 0.452. The molecule has 24 heavy (non-hydrogen) atoms. The first kappa shape index (κ1) is 18.5. The number of unbranched alkanes of at least 4 members (excludes halogenated alkanes) is 2. The number of anilines is 1. The van der Waals surface area contributed by atoms with E-state index in [9.17, 15) is 0 Å². The largest absolute Gasteiger partial charge is 0.356 e. The molecule has 1 saturated heterocycles. The zero-order chi connectivity index (χ0) is 17.2. The summed E-state index contributed by atoms with van der Waals surface area (Å²) in [5, 5.41) is 6.75. The summed E-state index contributed by atoms with van der Waals surface area (Å²) in [6.45, 7) is 8.22. The Hall–Kier alpha value is -1.82. The second-order valence-electron chi connectivity index (χ2n) is 6.37. The van der Waals surface area contributed by atoms with E-state index < -0.39 is 0 Å². The fourth-order valence-electron chi connectivity index (χ4n) is 2.77. The molecule has 6 heteroatoms. The number of likely N-dealkylation sites (N-methyl/N-ethyl adjacent to an activating group) is 1. The number of piperazine rings is 1. The monoisotopic (exact) mass is 332 g/mol. The Morgan fingerprint density at radius 2 is 2.00 bits per heavy atom. The van der Waals surface area contributed by atoms with Gasteiger partial charge in [-0.1, -0.05) is 19.8 Å². The van der Waals surface area contributed by atoms with E-state index in [0.29, 0.717) is 0 Å². The van der Waals surface area contributed by atoms with Crippen LogP contribution in [0, 0.1) is 0 Å². The first-order valence-electron chi connectivity index (χ1n) is 9.06. The highest BCUT2D eigenvalue weighted by Crippen LogP contribution is 2.14. The molecule has 2 rings (SSSR count). The van der Waals surface area contributed by atoms with Crippen molar-refractivity contribution in [3.63, 3.8) is 0 Å². The third-order valence-corrected chi connectivity index (χ3v) is 4.39. The highest BCUT2D eigenvalue weighted by molar-refractivity contribution is 5.79. The number of aliphatic imine (C=N–C) groups is 1. The van der Waals surface area contributed by atoms with Gasteiger partial charge in [0.25, 0.3) is 0 Å². The van der Waals surface area contributed by atoms with Gasteiger partial charge in [0, 0.05) is 52.5 Å². The van der Waals surface area contributed by atoms with Crippen molar-refractivity contribution in [3.05, 3.63) is 23.9 Å². The summed E-state index contributed by atoms with van der Waals surface area (Å²) in [6.07, 6.45) is 5.57. The Labute approximate surface area is 146 Å².